The molecule has 0 unspecified atom stereocenters. The van der Waals surface area contributed by atoms with Crippen molar-refractivity contribution < 1.29 is 4.84 Å². The van der Waals surface area contributed by atoms with Gasteiger partial charge in [-0.3, -0.25) is 0 Å². The minimum atomic E-state index is 0.734. The highest BCUT2D eigenvalue weighted by atomic mass is 35.5. The maximum absolute atomic E-state index is 5.78. The summed E-state index contributed by atoms with van der Waals surface area (Å²) in [4.78, 5) is 5.64. The Hall–Kier alpha value is -0.770. The van der Waals surface area contributed by atoms with Crippen LogP contribution in [0.4, 0.5) is 0 Å². The molecule has 1 aliphatic heterocycles. The van der Waals surface area contributed by atoms with Crippen LogP contribution in [-0.2, 0) is 0 Å². The average molecular weight is 213 g/mol. The van der Waals surface area contributed by atoms with E-state index in [1.807, 2.05) is 29.3 Å². The van der Waals surface area contributed by atoms with Gasteiger partial charge >= 0.3 is 0 Å². The number of hydrogen-bond donors (Lipinski definition) is 1. The third kappa shape index (κ3) is 2.61. The number of halogens is 1. The largest absolute Gasteiger partial charge is 0.406 e. The number of benzene rings is 1. The number of hydroxylamine groups is 2. The quantitative estimate of drug-likeness (QED) is 0.805. The third-order valence-corrected chi connectivity index (χ3v) is 2.38. The van der Waals surface area contributed by atoms with E-state index in [0.29, 0.717) is 0 Å². The molecule has 76 valence electrons. The van der Waals surface area contributed by atoms with Crippen LogP contribution in [0.5, 0.6) is 5.75 Å². The molecule has 0 radical (unpaired) electrons. The molecule has 0 saturated carbocycles. The Morgan fingerprint density at radius 1 is 1.14 bits per heavy atom. The van der Waals surface area contributed by atoms with E-state index in [1.54, 1.807) is 0 Å². The van der Waals surface area contributed by atoms with Crippen LogP contribution < -0.4 is 10.2 Å². The molecule has 0 aliphatic carbocycles. The van der Waals surface area contributed by atoms with Crippen LogP contribution in [0.25, 0.3) is 0 Å². The van der Waals surface area contributed by atoms with Crippen LogP contribution in [0, 0.1) is 0 Å². The molecule has 0 spiro atoms. The zero-order chi connectivity index (χ0) is 9.80. The maximum atomic E-state index is 5.78. The molecule has 3 nitrogen and oxygen atoms in total. The first kappa shape index (κ1) is 9.77. The first-order valence-electron chi connectivity index (χ1n) is 4.74. The molecule has 1 saturated heterocycles. The molecule has 2 rings (SSSR count). The van der Waals surface area contributed by atoms with E-state index in [0.717, 1.165) is 37.0 Å². The number of rotatable bonds is 2. The molecule has 4 heteroatoms. The molecule has 0 atom stereocenters. The molecule has 14 heavy (non-hydrogen) atoms. The Bertz CT molecular complexity index is 283. The van der Waals surface area contributed by atoms with Crippen molar-refractivity contribution in [1.82, 2.24) is 10.4 Å². The zero-order valence-electron chi connectivity index (χ0n) is 7.87. The van der Waals surface area contributed by atoms with Crippen LogP contribution in [0.15, 0.2) is 24.3 Å². The van der Waals surface area contributed by atoms with Crippen molar-refractivity contribution in [3.05, 3.63) is 29.3 Å². The summed E-state index contributed by atoms with van der Waals surface area (Å²) in [7, 11) is 0. The van der Waals surface area contributed by atoms with Gasteiger partial charge < -0.3 is 10.2 Å². The highest BCUT2D eigenvalue weighted by Crippen LogP contribution is 2.16. The second-order valence-electron chi connectivity index (χ2n) is 3.22. The highest BCUT2D eigenvalue weighted by Gasteiger charge is 2.10. The topological polar surface area (TPSA) is 24.5 Å². The lowest BCUT2D eigenvalue weighted by atomic mass is 10.3. The average Bonchev–Trinajstić information content (AvgIpc) is 2.23. The summed E-state index contributed by atoms with van der Waals surface area (Å²) in [5, 5.41) is 5.96. The van der Waals surface area contributed by atoms with E-state index in [2.05, 4.69) is 5.32 Å². The number of nitrogens with one attached hydrogen (secondary N) is 1. The van der Waals surface area contributed by atoms with Crippen LogP contribution >= 0.6 is 11.6 Å². The SMILES string of the molecule is Clc1ccc(ON2CCNCC2)cc1. The van der Waals surface area contributed by atoms with Crippen LogP contribution in [-0.4, -0.2) is 31.2 Å². The van der Waals surface area contributed by atoms with Gasteiger partial charge in [-0.2, -0.15) is 0 Å². The lowest BCUT2D eigenvalue weighted by Crippen LogP contribution is -2.45. The van der Waals surface area contributed by atoms with Crippen LogP contribution in [0.2, 0.25) is 5.02 Å². The van der Waals surface area contributed by atoms with Crippen molar-refractivity contribution in [2.45, 2.75) is 0 Å². The Morgan fingerprint density at radius 3 is 2.43 bits per heavy atom. The van der Waals surface area contributed by atoms with Gasteiger partial charge in [-0.1, -0.05) is 11.6 Å². The monoisotopic (exact) mass is 212 g/mol. The molecule has 1 aromatic rings. The molecule has 0 aromatic heterocycles. The molecule has 1 heterocycles. The molecule has 0 bridgehead atoms. The van der Waals surface area contributed by atoms with Crippen molar-refractivity contribution in [3.63, 3.8) is 0 Å². The summed E-state index contributed by atoms with van der Waals surface area (Å²) < 4.78 is 0. The Morgan fingerprint density at radius 2 is 1.79 bits per heavy atom. The summed E-state index contributed by atoms with van der Waals surface area (Å²) >= 11 is 5.78. The smallest absolute Gasteiger partial charge is 0.147 e. The van der Waals surface area contributed by atoms with Crippen molar-refractivity contribution in [2.75, 3.05) is 26.2 Å². The van der Waals surface area contributed by atoms with E-state index < -0.39 is 0 Å². The van der Waals surface area contributed by atoms with Gasteiger partial charge in [0.25, 0.3) is 0 Å². The lowest BCUT2D eigenvalue weighted by molar-refractivity contribution is -0.0664. The molecule has 1 aliphatic rings. The van der Waals surface area contributed by atoms with E-state index >= 15 is 0 Å². The van der Waals surface area contributed by atoms with Gasteiger partial charge in [-0.05, 0) is 24.3 Å². The van der Waals surface area contributed by atoms with E-state index in [-0.39, 0.29) is 0 Å². The molecule has 1 aromatic carbocycles. The predicted octanol–water partition coefficient (Wildman–Crippen LogP) is 1.54. The van der Waals surface area contributed by atoms with E-state index in [1.165, 1.54) is 0 Å². The van der Waals surface area contributed by atoms with Gasteiger partial charge in [0.1, 0.15) is 5.75 Å². The molecule has 0 amide bonds. The first-order chi connectivity index (χ1) is 6.84. The second-order valence-corrected chi connectivity index (χ2v) is 3.66. The number of hydrogen-bond acceptors (Lipinski definition) is 3. The zero-order valence-corrected chi connectivity index (χ0v) is 8.63. The van der Waals surface area contributed by atoms with Crippen LogP contribution in [0.1, 0.15) is 0 Å². The second kappa shape index (κ2) is 4.64. The van der Waals surface area contributed by atoms with Crippen LogP contribution in [0.3, 0.4) is 0 Å². The number of piperazine rings is 1. The summed E-state index contributed by atoms with van der Waals surface area (Å²) in [5.74, 6) is 0.844. The number of nitrogens with zero attached hydrogens (tertiary/aromatic N) is 1. The summed E-state index contributed by atoms with van der Waals surface area (Å²) in [5.41, 5.74) is 0. The minimum Gasteiger partial charge on any atom is -0.406 e. The van der Waals surface area contributed by atoms with Gasteiger partial charge in [0.15, 0.2) is 0 Å². The fraction of sp³-hybridized carbons (Fsp3) is 0.400. The molecule has 1 fully saturated rings. The normalized spacial score (nSPS) is 18.1. The summed E-state index contributed by atoms with van der Waals surface area (Å²) in [6.07, 6.45) is 0. The Kier molecular flexibility index (Phi) is 3.24. The van der Waals surface area contributed by atoms with Gasteiger partial charge in [-0.25, -0.2) is 0 Å². The van der Waals surface area contributed by atoms with Crippen molar-refractivity contribution in [1.29, 1.82) is 0 Å². The molecule has 1 N–H and O–H groups in total. The Labute approximate surface area is 88.6 Å². The van der Waals surface area contributed by atoms with Crippen molar-refractivity contribution >= 4 is 11.6 Å². The predicted molar refractivity (Wildman–Crippen MR) is 56.5 cm³/mol. The van der Waals surface area contributed by atoms with E-state index in [4.69, 9.17) is 16.4 Å². The summed E-state index contributed by atoms with van der Waals surface area (Å²) in [6, 6.07) is 7.42. The molecular weight excluding hydrogens is 200 g/mol. The third-order valence-electron chi connectivity index (χ3n) is 2.12. The fourth-order valence-corrected chi connectivity index (χ4v) is 1.51. The standard InChI is InChI=1S/C10H13ClN2O/c11-9-1-3-10(4-2-9)14-13-7-5-12-6-8-13/h1-4,12H,5-8H2. The Balaban J connectivity index is 1.92. The van der Waals surface area contributed by atoms with E-state index in [9.17, 15) is 0 Å². The van der Waals surface area contributed by atoms with Crippen molar-refractivity contribution in [2.24, 2.45) is 0 Å². The van der Waals surface area contributed by atoms with Gasteiger partial charge in [0, 0.05) is 31.2 Å². The highest BCUT2D eigenvalue weighted by molar-refractivity contribution is 6.30. The van der Waals surface area contributed by atoms with Gasteiger partial charge in [0.05, 0.1) is 0 Å². The molecular formula is C10H13ClN2O. The fourth-order valence-electron chi connectivity index (χ4n) is 1.38. The maximum Gasteiger partial charge on any atom is 0.147 e. The van der Waals surface area contributed by atoms with Gasteiger partial charge in [-0.15, -0.1) is 5.06 Å². The van der Waals surface area contributed by atoms with Gasteiger partial charge in [0.2, 0.25) is 0 Å². The summed E-state index contributed by atoms with van der Waals surface area (Å²) in [6.45, 7) is 3.80. The minimum absolute atomic E-state index is 0.734. The first-order valence-corrected chi connectivity index (χ1v) is 5.11. The lowest BCUT2D eigenvalue weighted by Gasteiger charge is -2.26. The van der Waals surface area contributed by atoms with Crippen molar-refractivity contribution in [3.8, 4) is 5.75 Å².